The molecule has 0 heterocycles. The molecule has 0 saturated carbocycles. The zero-order valence-electron chi connectivity index (χ0n) is 14.1. The average molecular weight is 312 g/mol. The van der Waals surface area contributed by atoms with Gasteiger partial charge < -0.3 is 15.8 Å². The highest BCUT2D eigenvalue weighted by Crippen LogP contribution is 2.29. The molecule has 0 unspecified atom stereocenters. The Bertz CT molecular complexity index is 703. The van der Waals surface area contributed by atoms with Crippen LogP contribution in [0, 0.1) is 0 Å². The van der Waals surface area contributed by atoms with Crippen LogP contribution in [-0.2, 0) is 5.41 Å². The molecule has 4 nitrogen and oxygen atoms in total. The lowest BCUT2D eigenvalue weighted by Gasteiger charge is -2.21. The third kappa shape index (κ3) is 4.25. The molecule has 0 aromatic heterocycles. The lowest BCUT2D eigenvalue weighted by Crippen LogP contribution is -2.16. The van der Waals surface area contributed by atoms with Crippen LogP contribution >= 0.6 is 0 Å². The number of nitrogens with two attached hydrogens (primary N) is 1. The van der Waals surface area contributed by atoms with Gasteiger partial charge in [0.05, 0.1) is 12.2 Å². The fourth-order valence-corrected chi connectivity index (χ4v) is 2.27. The van der Waals surface area contributed by atoms with Crippen LogP contribution in [0.5, 0.6) is 5.75 Å². The van der Waals surface area contributed by atoms with Gasteiger partial charge in [0.2, 0.25) is 0 Å². The molecule has 0 radical (unpaired) electrons. The van der Waals surface area contributed by atoms with Crippen molar-refractivity contribution in [1.82, 2.24) is 0 Å². The normalized spacial score (nSPS) is 11.1. The Morgan fingerprint density at radius 3 is 2.52 bits per heavy atom. The summed E-state index contributed by atoms with van der Waals surface area (Å²) in [4.78, 5) is 12.6. The van der Waals surface area contributed by atoms with Gasteiger partial charge in [-0.3, -0.25) is 4.79 Å². The first-order valence-electron chi connectivity index (χ1n) is 7.75. The number of benzene rings is 2. The minimum Gasteiger partial charge on any atom is -0.493 e. The maximum Gasteiger partial charge on any atom is 0.259 e. The number of amides is 1. The maximum absolute atomic E-state index is 12.6. The zero-order chi connectivity index (χ0) is 17.0. The average Bonchev–Trinajstić information content (AvgIpc) is 2.46. The van der Waals surface area contributed by atoms with Gasteiger partial charge in [0.25, 0.3) is 5.91 Å². The first-order chi connectivity index (χ1) is 10.8. The molecule has 0 fully saturated rings. The second-order valence-electron chi connectivity index (χ2n) is 6.47. The number of anilines is 2. The van der Waals surface area contributed by atoms with Crippen molar-refractivity contribution < 1.29 is 9.53 Å². The molecule has 0 spiro atoms. The monoisotopic (exact) mass is 312 g/mol. The van der Waals surface area contributed by atoms with Crippen LogP contribution in [0.4, 0.5) is 11.4 Å². The first kappa shape index (κ1) is 16.9. The molecule has 2 aromatic rings. The number of carbonyl (C=O) groups excluding carboxylic acids is 1. The Labute approximate surface area is 137 Å². The van der Waals surface area contributed by atoms with Crippen molar-refractivity contribution >= 4 is 17.3 Å². The van der Waals surface area contributed by atoms with Crippen molar-refractivity contribution in [3.63, 3.8) is 0 Å². The maximum atomic E-state index is 12.6. The molecule has 2 rings (SSSR count). The molecule has 4 heteroatoms. The Morgan fingerprint density at radius 2 is 1.91 bits per heavy atom. The largest absolute Gasteiger partial charge is 0.493 e. The minimum absolute atomic E-state index is 0.00522. The predicted octanol–water partition coefficient (Wildman–Crippen LogP) is 4.22. The van der Waals surface area contributed by atoms with Crippen LogP contribution in [0.3, 0.4) is 0 Å². The van der Waals surface area contributed by atoms with Crippen LogP contribution in [0.2, 0.25) is 0 Å². The molecule has 0 aliphatic rings. The number of nitrogens with one attached hydrogen (secondary N) is 1. The van der Waals surface area contributed by atoms with E-state index in [4.69, 9.17) is 10.5 Å². The van der Waals surface area contributed by atoms with E-state index in [1.165, 1.54) is 0 Å². The van der Waals surface area contributed by atoms with E-state index in [9.17, 15) is 4.79 Å². The smallest absolute Gasteiger partial charge is 0.259 e. The van der Waals surface area contributed by atoms with E-state index >= 15 is 0 Å². The summed E-state index contributed by atoms with van der Waals surface area (Å²) in [5.74, 6) is 0.390. The van der Waals surface area contributed by atoms with Gasteiger partial charge in [0, 0.05) is 11.4 Å². The summed E-state index contributed by atoms with van der Waals surface area (Å²) in [6.45, 7) is 8.80. The van der Waals surface area contributed by atoms with Gasteiger partial charge in [0.1, 0.15) is 5.75 Å². The van der Waals surface area contributed by atoms with Crippen molar-refractivity contribution in [2.75, 3.05) is 17.7 Å². The number of hydrogen-bond donors (Lipinski definition) is 2. The van der Waals surface area contributed by atoms with Crippen molar-refractivity contribution in [3.8, 4) is 5.75 Å². The van der Waals surface area contributed by atoms with Crippen molar-refractivity contribution in [3.05, 3.63) is 53.6 Å². The molecule has 2 aromatic carbocycles. The minimum atomic E-state index is -0.209. The van der Waals surface area contributed by atoms with Gasteiger partial charge in [-0.1, -0.05) is 32.9 Å². The van der Waals surface area contributed by atoms with Crippen molar-refractivity contribution in [1.29, 1.82) is 0 Å². The quantitative estimate of drug-likeness (QED) is 0.831. The number of hydrogen-bond acceptors (Lipinski definition) is 3. The summed E-state index contributed by atoms with van der Waals surface area (Å²) in [6.07, 6.45) is 0. The molecule has 122 valence electrons. The van der Waals surface area contributed by atoms with E-state index < -0.39 is 0 Å². The molecule has 0 atom stereocenters. The third-order valence-corrected chi connectivity index (χ3v) is 3.54. The summed E-state index contributed by atoms with van der Waals surface area (Å²) < 4.78 is 5.67. The van der Waals surface area contributed by atoms with Crippen LogP contribution < -0.4 is 15.8 Å². The van der Waals surface area contributed by atoms with E-state index in [2.05, 4.69) is 26.1 Å². The topological polar surface area (TPSA) is 64.3 Å². The molecular weight excluding hydrogens is 288 g/mol. The predicted molar refractivity (Wildman–Crippen MR) is 95.1 cm³/mol. The summed E-state index contributed by atoms with van der Waals surface area (Å²) in [7, 11) is 0. The molecule has 0 bridgehead atoms. The summed E-state index contributed by atoms with van der Waals surface area (Å²) in [5.41, 5.74) is 8.65. The Morgan fingerprint density at radius 1 is 1.17 bits per heavy atom. The highest BCUT2D eigenvalue weighted by Gasteiger charge is 2.19. The van der Waals surface area contributed by atoms with Crippen molar-refractivity contribution in [2.24, 2.45) is 0 Å². The van der Waals surface area contributed by atoms with Gasteiger partial charge >= 0.3 is 0 Å². The zero-order valence-corrected chi connectivity index (χ0v) is 14.1. The second-order valence-corrected chi connectivity index (χ2v) is 6.47. The third-order valence-electron chi connectivity index (χ3n) is 3.54. The van der Waals surface area contributed by atoms with Crippen LogP contribution in [0.25, 0.3) is 0 Å². The molecule has 3 N–H and O–H groups in total. The summed E-state index contributed by atoms with van der Waals surface area (Å²) in [5, 5.41) is 2.86. The Balaban J connectivity index is 2.32. The van der Waals surface area contributed by atoms with Gasteiger partial charge in [-0.15, -0.1) is 0 Å². The van der Waals surface area contributed by atoms with E-state index in [-0.39, 0.29) is 11.3 Å². The van der Waals surface area contributed by atoms with E-state index in [1.807, 2.05) is 25.1 Å². The molecule has 23 heavy (non-hydrogen) atoms. The van der Waals surface area contributed by atoms with Gasteiger partial charge in [-0.05, 0) is 48.2 Å². The number of ether oxygens (including phenoxy) is 1. The van der Waals surface area contributed by atoms with Gasteiger partial charge in [0.15, 0.2) is 0 Å². The van der Waals surface area contributed by atoms with E-state index in [1.54, 1.807) is 24.3 Å². The number of rotatable bonds is 4. The lowest BCUT2D eigenvalue weighted by atomic mass is 9.86. The lowest BCUT2D eigenvalue weighted by molar-refractivity contribution is 0.102. The van der Waals surface area contributed by atoms with Crippen molar-refractivity contribution in [2.45, 2.75) is 33.1 Å². The fraction of sp³-hybridized carbons (Fsp3) is 0.316. The van der Waals surface area contributed by atoms with Gasteiger partial charge in [-0.2, -0.15) is 0 Å². The highest BCUT2D eigenvalue weighted by atomic mass is 16.5. The molecule has 0 aliphatic heterocycles. The van der Waals surface area contributed by atoms with Crippen LogP contribution in [0.15, 0.2) is 42.5 Å². The highest BCUT2D eigenvalue weighted by molar-refractivity contribution is 6.06. The fourth-order valence-electron chi connectivity index (χ4n) is 2.27. The van der Waals surface area contributed by atoms with Crippen LogP contribution in [-0.4, -0.2) is 12.5 Å². The standard InChI is InChI=1S/C19H24N2O2/c1-5-23-17-11-13(19(2,3)4)9-10-16(17)18(22)21-15-8-6-7-14(20)12-15/h6-12H,5,20H2,1-4H3,(H,21,22). The van der Waals surface area contributed by atoms with E-state index in [0.717, 1.165) is 5.56 Å². The molecular formula is C19H24N2O2. The molecule has 0 saturated heterocycles. The first-order valence-corrected chi connectivity index (χ1v) is 7.75. The Hall–Kier alpha value is -2.49. The molecule has 0 aliphatic carbocycles. The van der Waals surface area contributed by atoms with Gasteiger partial charge in [-0.25, -0.2) is 0 Å². The number of nitrogen functional groups attached to an aromatic ring is 1. The van der Waals surface area contributed by atoms with Crippen LogP contribution in [0.1, 0.15) is 43.6 Å². The second kappa shape index (κ2) is 6.73. The SMILES string of the molecule is CCOc1cc(C(C)(C)C)ccc1C(=O)Nc1cccc(N)c1. The van der Waals surface area contributed by atoms with E-state index in [0.29, 0.717) is 29.3 Å². The summed E-state index contributed by atoms with van der Waals surface area (Å²) >= 11 is 0. The number of carbonyl (C=O) groups is 1. The summed E-state index contributed by atoms with van der Waals surface area (Å²) in [6, 6.07) is 12.8. The molecule has 1 amide bonds. The Kier molecular flexibility index (Phi) is 4.94.